The third-order valence-corrected chi connectivity index (χ3v) is 10.4. The maximum atomic E-state index is 14.1. The molecule has 6 rings (SSSR count). The lowest BCUT2D eigenvalue weighted by Gasteiger charge is -2.33. The fourth-order valence-corrected chi connectivity index (χ4v) is 7.23. The Morgan fingerprint density at radius 2 is 1.87 bits per heavy atom. The number of rotatable bonds is 12. The number of nitrogens with two attached hydrogens (primary N) is 2. The average molecular weight is 646 g/mol. The quantitative estimate of drug-likeness (QED) is 0.101. The summed E-state index contributed by atoms with van der Waals surface area (Å²) in [5.41, 5.74) is 11.2. The van der Waals surface area contributed by atoms with Crippen LogP contribution in [0.15, 0.2) is 71.9 Å². The van der Waals surface area contributed by atoms with Crippen LogP contribution >= 0.6 is 0 Å². The van der Waals surface area contributed by atoms with Gasteiger partial charge in [-0.3, -0.25) is 9.78 Å². The summed E-state index contributed by atoms with van der Waals surface area (Å²) >= 11 is 0. The molecule has 0 spiro atoms. The molecule has 10 nitrogen and oxygen atoms in total. The largest absolute Gasteiger partial charge is 0.397 e. The number of hydrazine groups is 1. The number of pyridine rings is 1. The van der Waals surface area contributed by atoms with Crippen LogP contribution < -0.4 is 16.3 Å². The second-order valence-corrected chi connectivity index (χ2v) is 14.1. The molecule has 0 amide bonds. The summed E-state index contributed by atoms with van der Waals surface area (Å²) in [5.74, 6) is 6.26. The number of sulfonamides is 1. The van der Waals surface area contributed by atoms with Crippen LogP contribution in [0.2, 0.25) is 0 Å². The Hall–Kier alpha value is -4.10. The fourth-order valence-electron chi connectivity index (χ4n) is 6.21. The van der Waals surface area contributed by atoms with Crippen molar-refractivity contribution < 1.29 is 17.6 Å². The van der Waals surface area contributed by atoms with E-state index in [-0.39, 0.29) is 16.6 Å². The van der Waals surface area contributed by atoms with E-state index in [9.17, 15) is 17.6 Å². The molecular formula is C34H40FN7O3S. The molecule has 1 saturated carbocycles. The van der Waals surface area contributed by atoms with Crippen LogP contribution in [0.25, 0.3) is 27.7 Å². The number of carbonyl (C=O) groups is 1. The van der Waals surface area contributed by atoms with Crippen molar-refractivity contribution >= 4 is 32.4 Å². The Balaban J connectivity index is 0.997. The summed E-state index contributed by atoms with van der Waals surface area (Å²) in [7, 11) is -3.63. The van der Waals surface area contributed by atoms with Gasteiger partial charge in [0.1, 0.15) is 5.82 Å². The second kappa shape index (κ2) is 13.3. The number of aromatic amines is 1. The number of benzene rings is 2. The summed E-state index contributed by atoms with van der Waals surface area (Å²) in [6, 6.07) is 15.0. The Morgan fingerprint density at radius 1 is 1.13 bits per heavy atom. The molecular weight excluding hydrogens is 605 g/mol. The zero-order chi connectivity index (χ0) is 32.4. The number of hydrogen-bond donors (Lipinski definition) is 4. The molecule has 0 radical (unpaired) electrons. The molecule has 1 saturated heterocycles. The van der Waals surface area contributed by atoms with Gasteiger partial charge in [0.25, 0.3) is 0 Å². The first kappa shape index (κ1) is 31.9. The van der Waals surface area contributed by atoms with Crippen molar-refractivity contribution in [2.45, 2.75) is 37.5 Å². The first-order chi connectivity index (χ1) is 22.1. The standard InChI is InChI=1S/C34H40FN7O3S/c1-22-28(3-2-14-38-22)24-6-9-27(10-7-24)46(44,45)39-15-18-41-16-12-23(13-17-41)20-42(37)21-30(36)32-29-19-26(35)8-11-31(29)40-33(32)34(43)25-4-5-25/h2-3,6-11,14,19,21,23,25,39-40H,4-5,12-13,15-18,20,36-37H2,1H3/b30-21-. The van der Waals surface area contributed by atoms with E-state index in [2.05, 4.69) is 19.6 Å². The average Bonchev–Trinajstić information content (AvgIpc) is 3.82. The molecule has 6 N–H and O–H groups in total. The zero-order valence-corrected chi connectivity index (χ0v) is 26.7. The van der Waals surface area contributed by atoms with Crippen LogP contribution in [0.1, 0.15) is 47.4 Å². The van der Waals surface area contributed by atoms with Gasteiger partial charge in [-0.05, 0) is 93.6 Å². The number of H-pyrrole nitrogens is 1. The number of halogens is 1. The van der Waals surface area contributed by atoms with Gasteiger partial charge in [-0.1, -0.05) is 18.2 Å². The highest BCUT2D eigenvalue weighted by molar-refractivity contribution is 7.89. The molecule has 0 bridgehead atoms. The van der Waals surface area contributed by atoms with Gasteiger partial charge in [-0.15, -0.1) is 0 Å². The molecule has 2 aliphatic rings. The number of fused-ring (bicyclic) bond motifs is 1. The predicted molar refractivity (Wildman–Crippen MR) is 177 cm³/mol. The van der Waals surface area contributed by atoms with Gasteiger partial charge in [-0.2, -0.15) is 0 Å². The monoisotopic (exact) mass is 645 g/mol. The minimum atomic E-state index is -3.63. The van der Waals surface area contributed by atoms with E-state index in [0.29, 0.717) is 53.4 Å². The topological polar surface area (TPSA) is 150 Å². The van der Waals surface area contributed by atoms with Crippen molar-refractivity contribution in [2.24, 2.45) is 23.4 Å². The molecule has 242 valence electrons. The molecule has 2 aromatic heterocycles. The Kier molecular flexibility index (Phi) is 9.23. The smallest absolute Gasteiger partial charge is 0.240 e. The summed E-state index contributed by atoms with van der Waals surface area (Å²) in [6.07, 6.45) is 6.85. The number of ketones is 1. The van der Waals surface area contributed by atoms with Gasteiger partial charge in [0.15, 0.2) is 5.78 Å². The molecule has 1 aliphatic carbocycles. The van der Waals surface area contributed by atoms with Gasteiger partial charge in [0.05, 0.1) is 16.3 Å². The first-order valence-electron chi connectivity index (χ1n) is 15.7. The van der Waals surface area contributed by atoms with Crippen LogP contribution in [0, 0.1) is 24.6 Å². The number of aryl methyl sites for hydroxylation is 1. The molecule has 3 heterocycles. The van der Waals surface area contributed by atoms with E-state index in [1.165, 1.54) is 12.1 Å². The van der Waals surface area contributed by atoms with Gasteiger partial charge < -0.3 is 20.6 Å². The SMILES string of the molecule is Cc1ncccc1-c1ccc(S(=O)(=O)NCCN2CCC(CN(N)/C=C(\N)c3c(C(=O)C4CC4)[nH]c4ccc(F)cc34)CC2)cc1. The zero-order valence-electron chi connectivity index (χ0n) is 25.9. The Bertz CT molecular complexity index is 1860. The maximum Gasteiger partial charge on any atom is 0.240 e. The number of likely N-dealkylation sites (tertiary alicyclic amines) is 1. The number of aromatic nitrogens is 2. The lowest BCUT2D eigenvalue weighted by molar-refractivity contribution is 0.0963. The number of hydrogen-bond acceptors (Lipinski definition) is 8. The van der Waals surface area contributed by atoms with Crippen LogP contribution in [0.4, 0.5) is 4.39 Å². The maximum absolute atomic E-state index is 14.1. The van der Waals surface area contributed by atoms with E-state index >= 15 is 0 Å². The number of Topliss-reactive ketones (excluding diaryl/α,β-unsaturated/α-hetero) is 1. The van der Waals surface area contributed by atoms with Gasteiger partial charge in [0.2, 0.25) is 10.0 Å². The van der Waals surface area contributed by atoms with Crippen molar-refractivity contribution in [2.75, 3.05) is 32.7 Å². The molecule has 2 aromatic carbocycles. The first-order valence-corrected chi connectivity index (χ1v) is 17.2. The van der Waals surface area contributed by atoms with Crippen LogP contribution in [0.5, 0.6) is 0 Å². The lowest BCUT2D eigenvalue weighted by Crippen LogP contribution is -2.42. The summed E-state index contributed by atoms with van der Waals surface area (Å²) in [4.78, 5) is 22.9. The molecule has 2 fully saturated rings. The normalized spacial score (nSPS) is 16.6. The Morgan fingerprint density at radius 3 is 2.57 bits per heavy atom. The number of nitrogens with zero attached hydrogens (tertiary/aromatic N) is 3. The number of nitrogens with one attached hydrogen (secondary N) is 2. The molecule has 0 atom stereocenters. The van der Waals surface area contributed by atoms with Crippen molar-refractivity contribution in [3.63, 3.8) is 0 Å². The predicted octanol–water partition coefficient (Wildman–Crippen LogP) is 4.39. The van der Waals surface area contributed by atoms with E-state index in [4.69, 9.17) is 11.6 Å². The summed E-state index contributed by atoms with van der Waals surface area (Å²) in [5, 5.41) is 2.11. The van der Waals surface area contributed by atoms with Crippen LogP contribution in [-0.2, 0) is 10.0 Å². The van der Waals surface area contributed by atoms with Crippen molar-refractivity contribution in [3.05, 3.63) is 89.8 Å². The van der Waals surface area contributed by atoms with Crippen molar-refractivity contribution in [3.8, 4) is 11.1 Å². The minimum absolute atomic E-state index is 0.00463. The lowest BCUT2D eigenvalue weighted by atomic mass is 9.96. The van der Waals surface area contributed by atoms with E-state index in [0.717, 1.165) is 55.6 Å². The molecule has 1 aliphatic heterocycles. The van der Waals surface area contributed by atoms with E-state index in [1.54, 1.807) is 47.7 Å². The van der Waals surface area contributed by atoms with Crippen molar-refractivity contribution in [1.29, 1.82) is 0 Å². The number of piperidine rings is 1. The summed E-state index contributed by atoms with van der Waals surface area (Å²) in [6.45, 7) is 5.05. The van der Waals surface area contributed by atoms with Crippen LogP contribution in [-0.4, -0.2) is 66.8 Å². The molecule has 46 heavy (non-hydrogen) atoms. The molecule has 0 unspecified atom stereocenters. The Labute approximate surface area is 268 Å². The number of carbonyl (C=O) groups excluding carboxylic acids is 1. The van der Waals surface area contributed by atoms with Crippen molar-refractivity contribution in [1.82, 2.24) is 24.6 Å². The van der Waals surface area contributed by atoms with E-state index < -0.39 is 15.8 Å². The highest BCUT2D eigenvalue weighted by Crippen LogP contribution is 2.36. The van der Waals surface area contributed by atoms with E-state index in [1.807, 2.05) is 19.1 Å². The second-order valence-electron chi connectivity index (χ2n) is 12.3. The third-order valence-electron chi connectivity index (χ3n) is 8.93. The fraction of sp³-hybridized carbons (Fsp3) is 0.353. The minimum Gasteiger partial charge on any atom is -0.397 e. The summed E-state index contributed by atoms with van der Waals surface area (Å²) < 4.78 is 42.7. The highest BCUT2D eigenvalue weighted by Gasteiger charge is 2.34. The van der Waals surface area contributed by atoms with Gasteiger partial charge in [-0.25, -0.2) is 23.4 Å². The van der Waals surface area contributed by atoms with Crippen LogP contribution in [0.3, 0.4) is 0 Å². The highest BCUT2D eigenvalue weighted by atomic mass is 32.2. The molecule has 4 aromatic rings. The molecule has 12 heteroatoms. The van der Waals surface area contributed by atoms with Gasteiger partial charge >= 0.3 is 0 Å². The van der Waals surface area contributed by atoms with Gasteiger partial charge in [0, 0.05) is 65.7 Å². The third kappa shape index (κ3) is 7.15.